The predicted octanol–water partition coefficient (Wildman–Crippen LogP) is -2.72. The Morgan fingerprint density at radius 1 is 1.00 bits per heavy atom. The zero-order valence-corrected chi connectivity index (χ0v) is 4.32. The molecule has 0 aromatic carbocycles. The van der Waals surface area contributed by atoms with E-state index in [0.717, 1.165) is 0 Å². The summed E-state index contributed by atoms with van der Waals surface area (Å²) in [5, 5.41) is 0. The monoisotopic (exact) mass is 256 g/mol. The van der Waals surface area contributed by atoms with E-state index in [-0.39, 0.29) is 153 Å². The zero-order valence-electron chi connectivity index (χ0n) is 2.61. The molecule has 0 unspecified atom stereocenters. The first-order chi connectivity index (χ1) is 2.00. The van der Waals surface area contributed by atoms with Crippen LogP contribution in [0.1, 0.15) is 0 Å². The van der Waals surface area contributed by atoms with Crippen molar-refractivity contribution >= 4 is 161 Å². The molecule has 0 rings (SSSR count). The Hall–Kier alpha value is 4.93. The van der Waals surface area contributed by atoms with Crippen LogP contribution in [-0.2, 0) is 4.57 Å². The Labute approximate surface area is 174 Å². The van der Waals surface area contributed by atoms with Gasteiger partial charge in [-0.15, -0.1) is 12.4 Å². The van der Waals surface area contributed by atoms with Crippen molar-refractivity contribution in [2.45, 2.75) is 0 Å². The molecule has 0 atom stereocenters. The van der Waals surface area contributed by atoms with Crippen LogP contribution in [0.15, 0.2) is 0 Å². The first kappa shape index (κ1) is 29.2. The second-order valence-corrected chi connectivity index (χ2v) is 1.54. The summed E-state index contributed by atoms with van der Waals surface area (Å²) in [5.41, 5.74) is 0. The molecule has 0 aromatic rings. The number of hydrogen-bond donors (Lipinski definition) is 3. The van der Waals surface area contributed by atoms with Gasteiger partial charge in [-0.25, -0.2) is 4.57 Å². The fourth-order valence-electron chi connectivity index (χ4n) is 0. The van der Waals surface area contributed by atoms with E-state index in [1.165, 1.54) is 0 Å². The standard InChI is InChI=1S/Ca.ClH.2K.H3O4P.4H/c;;;;1-5(2,3)4;;;;/h;1H;;;(H3,1,2,3,4);;;;. The molecule has 0 bridgehead atoms. The molecule has 0 aliphatic carbocycles. The minimum absolute atomic E-state index is 0. The van der Waals surface area contributed by atoms with E-state index in [1.807, 2.05) is 0 Å². The van der Waals surface area contributed by atoms with E-state index >= 15 is 0 Å². The third-order valence-corrected chi connectivity index (χ3v) is 0. The van der Waals surface area contributed by atoms with Crippen LogP contribution in [0.2, 0.25) is 0 Å². The number of rotatable bonds is 0. The van der Waals surface area contributed by atoms with E-state index in [2.05, 4.69) is 0 Å². The molecule has 0 aliphatic heterocycles. The van der Waals surface area contributed by atoms with Crippen molar-refractivity contribution in [3.63, 3.8) is 0 Å². The van der Waals surface area contributed by atoms with E-state index in [1.54, 1.807) is 0 Å². The Kier molecular flexibility index (Phi) is 50.0. The summed E-state index contributed by atoms with van der Waals surface area (Å²) in [6.07, 6.45) is 0. The Morgan fingerprint density at radius 2 is 1.00 bits per heavy atom. The van der Waals surface area contributed by atoms with Gasteiger partial charge in [0, 0.05) is 0 Å². The Balaban J connectivity index is -0.0000000133. The van der Waals surface area contributed by atoms with Crippen molar-refractivity contribution in [2.24, 2.45) is 0 Å². The van der Waals surface area contributed by atoms with Gasteiger partial charge in [0.25, 0.3) is 0 Å². The summed E-state index contributed by atoms with van der Waals surface area (Å²) >= 11 is 0. The van der Waals surface area contributed by atoms with Crippen molar-refractivity contribution in [1.82, 2.24) is 0 Å². The molecule has 0 amide bonds. The summed E-state index contributed by atoms with van der Waals surface area (Å²) in [6.45, 7) is 0. The molecule has 0 saturated heterocycles. The maximum absolute atomic E-state index is 8.88. The average Bonchev–Trinajstić information content (AvgIpc) is 0.722. The third kappa shape index (κ3) is 63.5. The van der Waals surface area contributed by atoms with Crippen molar-refractivity contribution < 1.29 is 19.2 Å². The fraction of sp³-hybridized carbons (Fsp3) is 0. The molecule has 48 valence electrons. The van der Waals surface area contributed by atoms with E-state index < -0.39 is 7.82 Å². The fourth-order valence-corrected chi connectivity index (χ4v) is 0. The van der Waals surface area contributed by atoms with E-state index in [4.69, 9.17) is 19.2 Å². The van der Waals surface area contributed by atoms with Crippen LogP contribution in [0.5, 0.6) is 0 Å². The Morgan fingerprint density at radius 3 is 1.00 bits per heavy atom. The summed E-state index contributed by atoms with van der Waals surface area (Å²) in [4.78, 5) is 21.6. The topological polar surface area (TPSA) is 77.8 Å². The Bertz CT molecular complexity index is 64.7. The normalized spacial score (nSPS) is 6.56. The molecule has 0 spiro atoms. The molecular formula is H8CaClK2O4P. The van der Waals surface area contributed by atoms with Gasteiger partial charge in [0.15, 0.2) is 0 Å². The SMILES string of the molecule is Cl.O=P(O)(O)O.[CaH2].[KH].[KH]. The number of hydrogen-bond acceptors (Lipinski definition) is 1. The summed E-state index contributed by atoms with van der Waals surface area (Å²) in [5.74, 6) is 0. The molecule has 0 fully saturated rings. The van der Waals surface area contributed by atoms with Gasteiger partial charge in [0.2, 0.25) is 0 Å². The van der Waals surface area contributed by atoms with E-state index in [9.17, 15) is 0 Å². The molecule has 4 nitrogen and oxygen atoms in total. The van der Waals surface area contributed by atoms with Crippen LogP contribution in [0.3, 0.4) is 0 Å². The summed E-state index contributed by atoms with van der Waals surface area (Å²) < 4.78 is 8.88. The van der Waals surface area contributed by atoms with Crippen molar-refractivity contribution in [3.05, 3.63) is 0 Å². The van der Waals surface area contributed by atoms with Gasteiger partial charge in [-0.1, -0.05) is 0 Å². The second kappa shape index (κ2) is 15.4. The van der Waals surface area contributed by atoms with Crippen molar-refractivity contribution in [2.75, 3.05) is 0 Å². The minimum atomic E-state index is -4.64. The van der Waals surface area contributed by atoms with Crippen LogP contribution in [0, 0.1) is 0 Å². The average molecular weight is 257 g/mol. The van der Waals surface area contributed by atoms with Crippen LogP contribution in [0.4, 0.5) is 0 Å². The molecule has 0 radical (unpaired) electrons. The molecule has 0 aromatic heterocycles. The third-order valence-electron chi connectivity index (χ3n) is 0. The molecular weight excluding hydrogens is 249 g/mol. The summed E-state index contributed by atoms with van der Waals surface area (Å²) in [7, 11) is -4.64. The van der Waals surface area contributed by atoms with Gasteiger partial charge in [0.1, 0.15) is 0 Å². The van der Waals surface area contributed by atoms with Crippen LogP contribution in [-0.4, -0.2) is 155 Å². The van der Waals surface area contributed by atoms with Gasteiger partial charge in [0.05, 0.1) is 0 Å². The van der Waals surface area contributed by atoms with Crippen LogP contribution in [0.25, 0.3) is 0 Å². The molecule has 0 heterocycles. The van der Waals surface area contributed by atoms with Gasteiger partial charge >= 0.3 is 148 Å². The van der Waals surface area contributed by atoms with Crippen molar-refractivity contribution in [1.29, 1.82) is 0 Å². The molecule has 0 aliphatic rings. The van der Waals surface area contributed by atoms with Gasteiger partial charge in [-0.2, -0.15) is 0 Å². The number of halogens is 1. The van der Waals surface area contributed by atoms with Gasteiger partial charge in [-0.05, 0) is 0 Å². The van der Waals surface area contributed by atoms with Crippen LogP contribution >= 0.6 is 20.2 Å². The van der Waals surface area contributed by atoms with Gasteiger partial charge in [-0.3, -0.25) is 0 Å². The zero-order chi connectivity index (χ0) is 4.50. The van der Waals surface area contributed by atoms with E-state index in [0.29, 0.717) is 0 Å². The molecule has 3 N–H and O–H groups in total. The second-order valence-electron chi connectivity index (χ2n) is 0.513. The quantitative estimate of drug-likeness (QED) is 0.325. The number of phosphoric acid groups is 1. The predicted molar refractivity (Wildman–Crippen MR) is 44.4 cm³/mol. The molecule has 0 saturated carbocycles. The molecule has 9 heavy (non-hydrogen) atoms. The maximum atomic E-state index is 8.88. The molecule has 9 heteroatoms. The first-order valence-electron chi connectivity index (χ1n) is 0.783. The first-order valence-corrected chi connectivity index (χ1v) is 2.35. The van der Waals surface area contributed by atoms with Gasteiger partial charge < -0.3 is 14.7 Å². The van der Waals surface area contributed by atoms with Crippen LogP contribution < -0.4 is 0 Å². The summed E-state index contributed by atoms with van der Waals surface area (Å²) in [6, 6.07) is 0. The van der Waals surface area contributed by atoms with Crippen molar-refractivity contribution in [3.8, 4) is 0 Å².